The molecule has 0 saturated carbocycles. The second-order valence-corrected chi connectivity index (χ2v) is 4.09. The quantitative estimate of drug-likeness (QED) is 0.556. The van der Waals surface area contributed by atoms with Gasteiger partial charge in [-0.05, 0) is 19.4 Å². The molecule has 3 atom stereocenters. The lowest BCUT2D eigenvalue weighted by Crippen LogP contribution is -2.50. The highest BCUT2D eigenvalue weighted by Gasteiger charge is 2.39. The second kappa shape index (κ2) is 5.12. The molecule has 2 fully saturated rings. The fourth-order valence-corrected chi connectivity index (χ4v) is 2.48. The minimum atomic E-state index is -0.366. The van der Waals surface area contributed by atoms with E-state index in [4.69, 9.17) is 5.73 Å². The van der Waals surface area contributed by atoms with E-state index in [1.165, 1.54) is 0 Å². The van der Waals surface area contributed by atoms with Crippen LogP contribution in [0, 0.1) is 0 Å². The first-order valence-electron chi connectivity index (χ1n) is 5.14. The number of nitrogens with two attached hydrogens (primary N) is 1. The lowest BCUT2D eigenvalue weighted by atomic mass is 10.1. The number of carbonyl (C=O) groups excluding carboxylic acids is 1. The van der Waals surface area contributed by atoms with Gasteiger partial charge in [-0.25, -0.2) is 0 Å². The Kier molecular flexibility index (Phi) is 4.33. The number of carbonyl (C=O) groups is 1. The van der Waals surface area contributed by atoms with Gasteiger partial charge in [0.15, 0.2) is 0 Å². The minimum absolute atomic E-state index is 0. The number of aliphatic hydroxyl groups is 1. The maximum atomic E-state index is 11.2. The number of likely N-dealkylation sites (tertiary alicyclic amines) is 1. The van der Waals surface area contributed by atoms with Gasteiger partial charge in [-0.1, -0.05) is 0 Å². The molecule has 2 heterocycles. The van der Waals surface area contributed by atoms with Crippen LogP contribution in [0.4, 0.5) is 0 Å². The van der Waals surface area contributed by atoms with Crippen molar-refractivity contribution in [1.29, 1.82) is 0 Å². The van der Waals surface area contributed by atoms with E-state index < -0.39 is 0 Å². The third-order valence-corrected chi connectivity index (χ3v) is 3.20. The summed E-state index contributed by atoms with van der Waals surface area (Å²) in [5, 5.41) is 12.8. The lowest BCUT2D eigenvalue weighted by Gasteiger charge is -2.29. The molecule has 2 aliphatic heterocycles. The molecule has 2 aliphatic rings. The van der Waals surface area contributed by atoms with Crippen LogP contribution in [-0.2, 0) is 4.79 Å². The Morgan fingerprint density at radius 2 is 2.20 bits per heavy atom. The van der Waals surface area contributed by atoms with E-state index in [1.807, 2.05) is 4.90 Å². The first-order valence-corrected chi connectivity index (χ1v) is 5.14. The van der Waals surface area contributed by atoms with Gasteiger partial charge in [-0.3, -0.25) is 9.69 Å². The van der Waals surface area contributed by atoms with Crippen molar-refractivity contribution in [2.45, 2.75) is 31.0 Å². The van der Waals surface area contributed by atoms with Crippen LogP contribution >= 0.6 is 12.4 Å². The van der Waals surface area contributed by atoms with E-state index in [1.54, 1.807) is 0 Å². The Bertz CT molecular complexity index is 239. The molecule has 4 N–H and O–H groups in total. The van der Waals surface area contributed by atoms with Crippen molar-refractivity contribution in [2.24, 2.45) is 5.73 Å². The topological polar surface area (TPSA) is 78.6 Å². The predicted molar refractivity (Wildman–Crippen MR) is 58.8 cm³/mol. The summed E-state index contributed by atoms with van der Waals surface area (Å²) in [7, 11) is 0. The largest absolute Gasteiger partial charge is 0.390 e. The van der Waals surface area contributed by atoms with Crippen molar-refractivity contribution in [2.75, 3.05) is 19.6 Å². The van der Waals surface area contributed by atoms with Gasteiger partial charge in [0, 0.05) is 13.1 Å². The molecule has 0 bridgehead atoms. The third kappa shape index (κ3) is 2.42. The number of nitrogens with zero attached hydrogens (tertiary/aromatic N) is 1. The first-order chi connectivity index (χ1) is 6.70. The maximum absolute atomic E-state index is 11.2. The van der Waals surface area contributed by atoms with Crippen LogP contribution in [0.3, 0.4) is 0 Å². The maximum Gasteiger partial charge on any atom is 0.234 e. The third-order valence-electron chi connectivity index (χ3n) is 3.20. The van der Waals surface area contributed by atoms with Crippen LogP contribution in [0.2, 0.25) is 0 Å². The summed E-state index contributed by atoms with van der Waals surface area (Å²) in [4.78, 5) is 13.2. The van der Waals surface area contributed by atoms with Crippen LogP contribution in [-0.4, -0.2) is 53.7 Å². The highest BCUT2D eigenvalue weighted by Crippen LogP contribution is 2.22. The number of primary amides is 1. The molecule has 0 aromatic carbocycles. The molecule has 0 aromatic rings. The second-order valence-electron chi connectivity index (χ2n) is 4.09. The highest BCUT2D eigenvalue weighted by molar-refractivity contribution is 5.85. The predicted octanol–water partition coefficient (Wildman–Crippen LogP) is -1.31. The summed E-state index contributed by atoms with van der Waals surface area (Å²) in [6.45, 7) is 2.24. The number of β-amino-alcohol motifs (C(OH)–C–C–N with tert-alkyl or cyclic N) is 1. The smallest absolute Gasteiger partial charge is 0.234 e. The summed E-state index contributed by atoms with van der Waals surface area (Å²) >= 11 is 0. The monoisotopic (exact) mass is 235 g/mol. The minimum Gasteiger partial charge on any atom is -0.390 e. The van der Waals surface area contributed by atoms with Gasteiger partial charge in [-0.2, -0.15) is 0 Å². The van der Waals surface area contributed by atoms with Crippen molar-refractivity contribution in [3.8, 4) is 0 Å². The first kappa shape index (κ1) is 12.7. The van der Waals surface area contributed by atoms with Gasteiger partial charge in [0.1, 0.15) is 0 Å². The van der Waals surface area contributed by atoms with Crippen LogP contribution in [0.1, 0.15) is 12.8 Å². The fraction of sp³-hybridized carbons (Fsp3) is 0.889. The zero-order chi connectivity index (χ0) is 10.1. The Morgan fingerprint density at radius 1 is 1.47 bits per heavy atom. The van der Waals surface area contributed by atoms with Gasteiger partial charge < -0.3 is 16.2 Å². The molecule has 88 valence electrons. The summed E-state index contributed by atoms with van der Waals surface area (Å²) in [5.74, 6) is -0.262. The van der Waals surface area contributed by atoms with E-state index in [0.717, 1.165) is 25.9 Å². The molecule has 1 unspecified atom stereocenters. The standard InChI is InChI=1S/C9H17N3O2.ClH/c10-9(14)6-2-1-3-12(6)7-4-11-5-8(7)13;/h6-8,11,13H,1-5H2,(H2,10,14);1H/t6?,7-,8-;/m1./s1. The number of rotatable bonds is 2. The average molecular weight is 236 g/mol. The van der Waals surface area contributed by atoms with E-state index >= 15 is 0 Å². The van der Waals surface area contributed by atoms with Crippen LogP contribution in [0.25, 0.3) is 0 Å². The molecule has 0 aliphatic carbocycles. The summed E-state index contributed by atoms with van der Waals surface area (Å²) in [6, 6.07) is -0.107. The number of hydrogen-bond donors (Lipinski definition) is 3. The number of nitrogens with one attached hydrogen (secondary N) is 1. The zero-order valence-corrected chi connectivity index (χ0v) is 9.37. The van der Waals surface area contributed by atoms with Gasteiger partial charge in [-0.15, -0.1) is 12.4 Å². The summed E-state index contributed by atoms with van der Waals surface area (Å²) in [6.07, 6.45) is 1.46. The van der Waals surface area contributed by atoms with Crippen molar-refractivity contribution in [3.63, 3.8) is 0 Å². The molecule has 0 spiro atoms. The fourth-order valence-electron chi connectivity index (χ4n) is 2.48. The number of halogens is 1. The number of hydrogen-bond acceptors (Lipinski definition) is 4. The van der Waals surface area contributed by atoms with E-state index in [9.17, 15) is 9.90 Å². The molecule has 5 nitrogen and oxygen atoms in total. The molecule has 2 saturated heterocycles. The Morgan fingerprint density at radius 3 is 2.73 bits per heavy atom. The van der Waals surface area contributed by atoms with Crippen molar-refractivity contribution in [1.82, 2.24) is 10.2 Å². The van der Waals surface area contributed by atoms with Gasteiger partial charge in [0.2, 0.25) is 5.91 Å². The van der Waals surface area contributed by atoms with Gasteiger partial charge >= 0.3 is 0 Å². The van der Waals surface area contributed by atoms with Crippen LogP contribution < -0.4 is 11.1 Å². The van der Waals surface area contributed by atoms with E-state index in [-0.39, 0.29) is 36.5 Å². The van der Waals surface area contributed by atoms with Crippen LogP contribution in [0.5, 0.6) is 0 Å². The zero-order valence-electron chi connectivity index (χ0n) is 8.56. The number of aliphatic hydroxyl groups excluding tert-OH is 1. The highest BCUT2D eigenvalue weighted by atomic mass is 35.5. The molecule has 0 radical (unpaired) electrons. The molecule has 2 rings (SSSR count). The van der Waals surface area contributed by atoms with E-state index in [2.05, 4.69) is 5.32 Å². The van der Waals surface area contributed by atoms with Crippen molar-refractivity contribution < 1.29 is 9.90 Å². The van der Waals surface area contributed by atoms with E-state index in [0.29, 0.717) is 6.54 Å². The Labute approximate surface area is 95.4 Å². The lowest BCUT2D eigenvalue weighted by molar-refractivity contribution is -0.123. The van der Waals surface area contributed by atoms with Crippen LogP contribution in [0.15, 0.2) is 0 Å². The Balaban J connectivity index is 0.00000112. The molecular formula is C9H18ClN3O2. The van der Waals surface area contributed by atoms with Crippen molar-refractivity contribution >= 4 is 18.3 Å². The molecular weight excluding hydrogens is 218 g/mol. The summed E-state index contributed by atoms with van der Waals surface area (Å²) < 4.78 is 0. The molecule has 1 amide bonds. The molecule has 0 aromatic heterocycles. The summed E-state index contributed by atoms with van der Waals surface area (Å²) in [5.41, 5.74) is 5.32. The number of amides is 1. The average Bonchev–Trinajstić information content (AvgIpc) is 2.70. The van der Waals surface area contributed by atoms with Gasteiger partial charge in [0.25, 0.3) is 0 Å². The van der Waals surface area contributed by atoms with Crippen molar-refractivity contribution in [3.05, 3.63) is 0 Å². The Hall–Kier alpha value is -0.360. The van der Waals surface area contributed by atoms with Gasteiger partial charge in [0.05, 0.1) is 18.2 Å². The SMILES string of the molecule is Cl.NC(=O)C1CCCN1[C@@H]1CNC[C@H]1O. The molecule has 6 heteroatoms. The normalized spacial score (nSPS) is 36.5. The molecule has 15 heavy (non-hydrogen) atoms.